The second-order valence-electron chi connectivity index (χ2n) is 15.4. The Morgan fingerprint density at radius 1 is 0.407 bits per heavy atom. The molecule has 3 aliphatic carbocycles. The van der Waals surface area contributed by atoms with Gasteiger partial charge in [0.1, 0.15) is 17.0 Å². The van der Waals surface area contributed by atoms with Crippen LogP contribution in [0.15, 0.2) is 194 Å². The predicted octanol–water partition coefficient (Wildman–Crippen LogP) is 12.0. The van der Waals surface area contributed by atoms with E-state index in [1.165, 1.54) is 12.1 Å². The van der Waals surface area contributed by atoms with E-state index < -0.39 is 22.5 Å². The van der Waals surface area contributed by atoms with E-state index >= 15 is 8.78 Å². The van der Waals surface area contributed by atoms with Gasteiger partial charge in [-0.15, -0.1) is 0 Å². The van der Waals surface area contributed by atoms with E-state index in [0.29, 0.717) is 23.0 Å². The number of benzene rings is 8. The molecule has 0 atom stereocenters. The Balaban J connectivity index is 1.22. The third-order valence-corrected chi connectivity index (χ3v) is 12.5. The van der Waals surface area contributed by atoms with Gasteiger partial charge in [0.05, 0.1) is 16.4 Å². The molecule has 10 aromatic rings. The molecule has 0 unspecified atom stereocenters. The maximum absolute atomic E-state index is 15.4. The first kappa shape index (κ1) is 33.6. The van der Waals surface area contributed by atoms with Gasteiger partial charge in [0.15, 0.2) is 17.5 Å². The van der Waals surface area contributed by atoms with Crippen LogP contribution in [0.5, 0.6) is 0 Å². The van der Waals surface area contributed by atoms with Gasteiger partial charge in [-0.05, 0) is 75.3 Å². The van der Waals surface area contributed by atoms with E-state index in [4.69, 9.17) is 15.0 Å². The van der Waals surface area contributed by atoms with E-state index in [1.807, 2.05) is 72.8 Å². The number of para-hydroxylation sites is 2. The maximum atomic E-state index is 15.4. The third kappa shape index (κ3) is 4.48. The minimum Gasteiger partial charge on any atom is -0.309 e. The third-order valence-electron chi connectivity index (χ3n) is 12.5. The average Bonchev–Trinajstić information content (AvgIpc) is 3.63. The Kier molecular flexibility index (Phi) is 7.09. The Morgan fingerprint density at radius 3 is 1.51 bits per heavy atom. The summed E-state index contributed by atoms with van der Waals surface area (Å²) in [6, 6.07) is 64.0. The topological polar surface area (TPSA) is 43.6 Å². The summed E-state index contributed by atoms with van der Waals surface area (Å²) in [7, 11) is 0. The van der Waals surface area contributed by atoms with Gasteiger partial charge in [0.2, 0.25) is 0 Å². The molecule has 0 fully saturated rings. The van der Waals surface area contributed by atoms with Crippen LogP contribution in [0.2, 0.25) is 0 Å². The van der Waals surface area contributed by atoms with Crippen molar-refractivity contribution in [2.75, 3.05) is 0 Å². The number of aromatic nitrogens is 4. The van der Waals surface area contributed by atoms with Crippen LogP contribution < -0.4 is 0 Å². The number of hydrogen-bond acceptors (Lipinski definition) is 3. The monoisotopic (exact) mass is 762 g/mol. The van der Waals surface area contributed by atoms with Crippen molar-refractivity contribution in [1.82, 2.24) is 19.5 Å². The summed E-state index contributed by atoms with van der Waals surface area (Å²) in [4.78, 5) is 16.4. The van der Waals surface area contributed by atoms with Gasteiger partial charge in [-0.3, -0.25) is 0 Å². The summed E-state index contributed by atoms with van der Waals surface area (Å²) in [6.45, 7) is 0. The van der Waals surface area contributed by atoms with E-state index in [1.54, 1.807) is 0 Å². The molecule has 0 N–H and O–H groups in total. The van der Waals surface area contributed by atoms with Gasteiger partial charge in [-0.2, -0.15) is 0 Å². The van der Waals surface area contributed by atoms with Gasteiger partial charge in [-0.25, -0.2) is 23.7 Å². The molecular formula is C53H32F2N4. The molecule has 278 valence electrons. The van der Waals surface area contributed by atoms with Gasteiger partial charge < -0.3 is 4.57 Å². The molecule has 2 aromatic heterocycles. The van der Waals surface area contributed by atoms with Gasteiger partial charge in [-0.1, -0.05) is 152 Å². The van der Waals surface area contributed by atoms with Crippen LogP contribution >= 0.6 is 0 Å². The average molecular weight is 763 g/mol. The highest BCUT2D eigenvalue weighted by Gasteiger charge is 2.61. The van der Waals surface area contributed by atoms with Gasteiger partial charge in [0.25, 0.3) is 0 Å². The zero-order valence-electron chi connectivity index (χ0n) is 31.5. The van der Waals surface area contributed by atoms with Crippen LogP contribution in [0.25, 0.3) is 50.3 Å². The van der Waals surface area contributed by atoms with Crippen molar-refractivity contribution in [1.29, 1.82) is 0 Å². The van der Waals surface area contributed by atoms with Crippen LogP contribution in [0, 0.1) is 11.6 Å². The first-order valence-corrected chi connectivity index (χ1v) is 19.7. The van der Waals surface area contributed by atoms with Crippen molar-refractivity contribution in [3.05, 3.63) is 251 Å². The van der Waals surface area contributed by atoms with E-state index in [0.717, 1.165) is 78.1 Å². The zero-order valence-corrected chi connectivity index (χ0v) is 31.5. The second-order valence-corrected chi connectivity index (χ2v) is 15.4. The lowest BCUT2D eigenvalue weighted by Gasteiger charge is -2.56. The molecule has 59 heavy (non-hydrogen) atoms. The van der Waals surface area contributed by atoms with Crippen molar-refractivity contribution in [3.8, 4) is 28.5 Å². The van der Waals surface area contributed by atoms with Gasteiger partial charge >= 0.3 is 0 Å². The molecule has 2 heterocycles. The normalized spacial score (nSPS) is 17.5. The molecule has 0 amide bonds. The molecule has 0 saturated heterocycles. The highest BCUT2D eigenvalue weighted by Crippen LogP contribution is 2.65. The molecule has 4 nitrogen and oxygen atoms in total. The van der Waals surface area contributed by atoms with Crippen molar-refractivity contribution in [3.63, 3.8) is 0 Å². The van der Waals surface area contributed by atoms with Crippen molar-refractivity contribution >= 4 is 21.8 Å². The summed E-state index contributed by atoms with van der Waals surface area (Å²) in [6.07, 6.45) is 0. The standard InChI is InChI=1S/C53H32F2N4/c54-35-30-34(31-36(55)32-35)52-40-22-8-11-25-43(40)53(44-26-12-9-23-41(44)52,45-27-13-10-24-42(45)52)51-57-49(33-16-3-1-4-17-33)56-50(58-51)39-21-15-29-47-48(39)38-20-7-14-28-46(38)59(47)37-18-5-2-6-19-37/h1-32H. The maximum Gasteiger partial charge on any atom is 0.164 e. The van der Waals surface area contributed by atoms with Crippen LogP contribution in [0.4, 0.5) is 8.78 Å². The molecular weight excluding hydrogens is 731 g/mol. The number of halogens is 2. The van der Waals surface area contributed by atoms with Crippen LogP contribution in [0.1, 0.15) is 44.8 Å². The molecule has 0 aliphatic heterocycles. The summed E-state index contributed by atoms with van der Waals surface area (Å²) in [5.74, 6) is 0.414. The van der Waals surface area contributed by atoms with E-state index in [9.17, 15) is 0 Å². The quantitative estimate of drug-likeness (QED) is 0.175. The summed E-state index contributed by atoms with van der Waals surface area (Å²) in [5, 5.41) is 2.13. The lowest BCUT2D eigenvalue weighted by atomic mass is 9.45. The van der Waals surface area contributed by atoms with Crippen molar-refractivity contribution in [2.24, 2.45) is 0 Å². The fraction of sp³-hybridized carbons (Fsp3) is 0.0377. The van der Waals surface area contributed by atoms with Crippen LogP contribution in [-0.2, 0) is 10.8 Å². The highest BCUT2D eigenvalue weighted by atomic mass is 19.1. The molecule has 0 radical (unpaired) electrons. The highest BCUT2D eigenvalue weighted by molar-refractivity contribution is 6.15. The Labute approximate surface area is 338 Å². The first-order valence-electron chi connectivity index (χ1n) is 19.7. The minimum absolute atomic E-state index is 0.526. The smallest absolute Gasteiger partial charge is 0.164 e. The molecule has 0 spiro atoms. The summed E-state index contributed by atoms with van der Waals surface area (Å²) >= 11 is 0. The lowest BCUT2D eigenvalue weighted by molar-refractivity contribution is 0.523. The Morgan fingerprint density at radius 2 is 0.898 bits per heavy atom. The molecule has 13 rings (SSSR count). The van der Waals surface area contributed by atoms with Crippen molar-refractivity contribution in [2.45, 2.75) is 10.8 Å². The summed E-state index contributed by atoms with van der Waals surface area (Å²) < 4.78 is 33.1. The first-order chi connectivity index (χ1) is 29.1. The zero-order chi connectivity index (χ0) is 39.3. The Bertz CT molecular complexity index is 3180. The lowest BCUT2D eigenvalue weighted by Crippen LogP contribution is -2.52. The number of rotatable bonds is 5. The number of fused-ring (bicyclic) bond motifs is 3. The molecule has 6 heteroatoms. The second kappa shape index (κ2) is 12.5. The summed E-state index contributed by atoms with van der Waals surface area (Å²) in [5.41, 5.74) is 9.07. The van der Waals surface area contributed by atoms with Crippen LogP contribution in [-0.4, -0.2) is 19.5 Å². The van der Waals surface area contributed by atoms with Crippen LogP contribution in [0.3, 0.4) is 0 Å². The largest absolute Gasteiger partial charge is 0.309 e. The number of hydrogen-bond donors (Lipinski definition) is 0. The fourth-order valence-electron chi connectivity index (χ4n) is 10.3. The molecule has 2 bridgehead atoms. The van der Waals surface area contributed by atoms with E-state index in [2.05, 4.69) is 108 Å². The predicted molar refractivity (Wildman–Crippen MR) is 229 cm³/mol. The van der Waals surface area contributed by atoms with E-state index in [-0.39, 0.29) is 0 Å². The van der Waals surface area contributed by atoms with Gasteiger partial charge in [0, 0.05) is 33.7 Å². The minimum atomic E-state index is -1.02. The molecule has 8 aromatic carbocycles. The SMILES string of the molecule is Fc1cc(F)cc(C23c4ccccc4C(c4nc(-c5ccccc5)nc(-c5cccc6c5c5ccccc5n6-c5ccccc5)n4)(c4ccccc42)c2ccccc23)c1. The van der Waals surface area contributed by atoms with Crippen molar-refractivity contribution < 1.29 is 8.78 Å². The Hall–Kier alpha value is -7.57. The number of nitrogens with zero attached hydrogens (tertiary/aromatic N) is 4. The fourth-order valence-corrected chi connectivity index (χ4v) is 10.3. The molecule has 3 aliphatic rings. The molecule has 0 saturated carbocycles.